The Morgan fingerprint density at radius 2 is 1.79 bits per heavy atom. The molecule has 7 heteroatoms. The minimum absolute atomic E-state index is 0.0307. The summed E-state index contributed by atoms with van der Waals surface area (Å²) in [6.45, 7) is 7.82. The van der Waals surface area contributed by atoms with Gasteiger partial charge in [-0.1, -0.05) is 6.07 Å². The van der Waals surface area contributed by atoms with Gasteiger partial charge in [0.15, 0.2) is 18.0 Å². The van der Waals surface area contributed by atoms with Gasteiger partial charge in [-0.15, -0.1) is 0 Å². The molecule has 154 valence electrons. The van der Waals surface area contributed by atoms with E-state index in [-0.39, 0.29) is 5.91 Å². The zero-order valence-corrected chi connectivity index (χ0v) is 17.0. The van der Waals surface area contributed by atoms with Gasteiger partial charge in [0.25, 0.3) is 5.91 Å². The van der Waals surface area contributed by atoms with Crippen LogP contribution in [0.15, 0.2) is 36.4 Å². The van der Waals surface area contributed by atoms with Crippen molar-refractivity contribution in [3.63, 3.8) is 0 Å². The number of hydrogen-bond donors (Lipinski definition) is 3. The number of ether oxygens (including phenoxy) is 3. The lowest BCUT2D eigenvalue weighted by molar-refractivity contribution is -1.02. The van der Waals surface area contributed by atoms with Crippen LogP contribution in [-0.2, 0) is 11.3 Å². The Hall–Kier alpha value is -2.77. The molecule has 4 rings (SSSR count). The number of benzene rings is 2. The highest BCUT2D eigenvalue weighted by molar-refractivity contribution is 5.93. The van der Waals surface area contributed by atoms with Crippen molar-refractivity contribution in [2.45, 2.75) is 13.5 Å². The first-order valence-corrected chi connectivity index (χ1v) is 10.1. The van der Waals surface area contributed by atoms with E-state index in [1.165, 1.54) is 15.4 Å². The molecule has 7 nitrogen and oxygen atoms in total. The Kier molecular flexibility index (Phi) is 5.87. The van der Waals surface area contributed by atoms with E-state index in [4.69, 9.17) is 14.2 Å². The topological polar surface area (TPSA) is 65.7 Å². The maximum Gasteiger partial charge on any atom is 0.279 e. The molecule has 3 N–H and O–H groups in total. The molecule has 0 aliphatic carbocycles. The first kappa shape index (κ1) is 19.5. The number of carbonyl (C=O) groups is 1. The number of carbonyl (C=O) groups excluding carboxylic acids is 1. The largest absolute Gasteiger partial charge is 0.495 e. The van der Waals surface area contributed by atoms with E-state index < -0.39 is 0 Å². The lowest BCUT2D eigenvalue weighted by atomic mass is 10.1. The van der Waals surface area contributed by atoms with E-state index >= 15 is 0 Å². The highest BCUT2D eigenvalue weighted by atomic mass is 16.7. The molecule has 0 bridgehead atoms. The SMILES string of the molecule is COc1ccc(C)cc1NC(=O)C[NH+]1CC[NH+](Cc2ccc3c(c2)OCO3)CC1. The average Bonchev–Trinajstić information content (AvgIpc) is 3.17. The van der Waals surface area contributed by atoms with E-state index in [0.29, 0.717) is 19.1 Å². The predicted octanol–water partition coefficient (Wildman–Crippen LogP) is -0.346. The molecular formula is C22H29N3O4+2. The molecule has 0 spiro atoms. The molecule has 1 saturated heterocycles. The van der Waals surface area contributed by atoms with Gasteiger partial charge in [-0.25, -0.2) is 0 Å². The van der Waals surface area contributed by atoms with Crippen molar-refractivity contribution < 1.29 is 28.8 Å². The van der Waals surface area contributed by atoms with E-state index in [1.54, 1.807) is 7.11 Å². The number of aryl methyl sites for hydroxylation is 1. The molecule has 2 aliphatic heterocycles. The smallest absolute Gasteiger partial charge is 0.279 e. The molecule has 1 fully saturated rings. The number of piperazine rings is 1. The van der Waals surface area contributed by atoms with Crippen LogP contribution in [0.4, 0.5) is 5.69 Å². The van der Waals surface area contributed by atoms with Crippen molar-refractivity contribution in [3.8, 4) is 17.2 Å². The molecule has 0 aromatic heterocycles. The monoisotopic (exact) mass is 399 g/mol. The summed E-state index contributed by atoms with van der Waals surface area (Å²) in [5, 5.41) is 3.01. The second-order valence-electron chi connectivity index (χ2n) is 7.79. The lowest BCUT2D eigenvalue weighted by Crippen LogP contribution is -3.28. The molecule has 1 amide bonds. The van der Waals surface area contributed by atoms with Crippen LogP contribution in [0.3, 0.4) is 0 Å². The van der Waals surface area contributed by atoms with Crippen molar-refractivity contribution in [3.05, 3.63) is 47.5 Å². The quantitative estimate of drug-likeness (QED) is 0.622. The number of hydrogen-bond acceptors (Lipinski definition) is 4. The van der Waals surface area contributed by atoms with Gasteiger partial charge in [-0.3, -0.25) is 4.79 Å². The summed E-state index contributed by atoms with van der Waals surface area (Å²) >= 11 is 0. The molecule has 2 aromatic carbocycles. The molecule has 0 saturated carbocycles. The van der Waals surface area contributed by atoms with Crippen LogP contribution in [-0.4, -0.2) is 52.5 Å². The van der Waals surface area contributed by atoms with Gasteiger partial charge in [-0.2, -0.15) is 0 Å². The third-order valence-corrected chi connectivity index (χ3v) is 5.59. The molecule has 0 radical (unpaired) electrons. The molecule has 2 heterocycles. The van der Waals surface area contributed by atoms with Crippen molar-refractivity contribution in [1.29, 1.82) is 0 Å². The van der Waals surface area contributed by atoms with Gasteiger partial charge in [0, 0.05) is 5.56 Å². The minimum atomic E-state index is 0.0307. The Balaban J connectivity index is 1.25. The summed E-state index contributed by atoms with van der Waals surface area (Å²) < 4.78 is 16.2. The van der Waals surface area contributed by atoms with Crippen LogP contribution in [0.5, 0.6) is 17.2 Å². The highest BCUT2D eigenvalue weighted by Gasteiger charge is 2.26. The van der Waals surface area contributed by atoms with E-state index in [9.17, 15) is 4.79 Å². The molecule has 29 heavy (non-hydrogen) atoms. The third-order valence-electron chi connectivity index (χ3n) is 5.59. The van der Waals surface area contributed by atoms with Crippen LogP contribution in [0.25, 0.3) is 0 Å². The summed E-state index contributed by atoms with van der Waals surface area (Å²) in [5.41, 5.74) is 3.09. The fourth-order valence-corrected chi connectivity index (χ4v) is 3.99. The number of rotatable bonds is 6. The van der Waals surface area contributed by atoms with Gasteiger partial charge in [-0.05, 0) is 42.8 Å². The normalized spacial score (nSPS) is 20.3. The van der Waals surface area contributed by atoms with Crippen LogP contribution >= 0.6 is 0 Å². The minimum Gasteiger partial charge on any atom is -0.495 e. The van der Waals surface area contributed by atoms with E-state index in [2.05, 4.69) is 17.4 Å². The van der Waals surface area contributed by atoms with Gasteiger partial charge < -0.3 is 29.3 Å². The van der Waals surface area contributed by atoms with Crippen molar-refractivity contribution in [1.82, 2.24) is 0 Å². The molecule has 2 aliphatic rings. The number of anilines is 1. The maximum absolute atomic E-state index is 12.5. The van der Waals surface area contributed by atoms with Crippen molar-refractivity contribution in [2.24, 2.45) is 0 Å². The lowest BCUT2D eigenvalue weighted by Gasteiger charge is -2.29. The molecule has 0 unspecified atom stereocenters. The molecule has 2 aromatic rings. The van der Waals surface area contributed by atoms with E-state index in [1.807, 2.05) is 31.2 Å². The summed E-state index contributed by atoms with van der Waals surface area (Å²) in [7, 11) is 1.62. The number of nitrogens with one attached hydrogen (secondary N) is 3. The Labute approximate surface area is 171 Å². The summed E-state index contributed by atoms with van der Waals surface area (Å²) in [4.78, 5) is 15.4. The summed E-state index contributed by atoms with van der Waals surface area (Å²) in [6.07, 6.45) is 0. The maximum atomic E-state index is 12.5. The Morgan fingerprint density at radius 1 is 1.03 bits per heavy atom. The zero-order chi connectivity index (χ0) is 20.2. The second kappa shape index (κ2) is 8.71. The number of fused-ring (bicyclic) bond motifs is 1. The van der Waals surface area contributed by atoms with Crippen molar-refractivity contribution >= 4 is 11.6 Å². The van der Waals surface area contributed by atoms with Gasteiger partial charge >= 0.3 is 0 Å². The van der Waals surface area contributed by atoms with Crippen LogP contribution in [0, 0.1) is 6.92 Å². The van der Waals surface area contributed by atoms with Crippen molar-refractivity contribution in [2.75, 3.05) is 51.9 Å². The van der Waals surface area contributed by atoms with Gasteiger partial charge in [0.2, 0.25) is 6.79 Å². The number of amides is 1. The van der Waals surface area contributed by atoms with Crippen LogP contribution in [0.2, 0.25) is 0 Å². The fourth-order valence-electron chi connectivity index (χ4n) is 3.99. The first-order chi connectivity index (χ1) is 14.1. The zero-order valence-electron chi connectivity index (χ0n) is 17.0. The molecule has 0 atom stereocenters. The van der Waals surface area contributed by atoms with Crippen LogP contribution in [0.1, 0.15) is 11.1 Å². The van der Waals surface area contributed by atoms with Gasteiger partial charge in [0.1, 0.15) is 38.5 Å². The highest BCUT2D eigenvalue weighted by Crippen LogP contribution is 2.32. The standard InChI is InChI=1S/C22H27N3O4/c1-16-3-5-19(27-2)18(11-16)23-22(26)14-25-9-7-24(8-10-25)13-17-4-6-20-21(12-17)29-15-28-20/h3-6,11-12H,7-10,13-15H2,1-2H3,(H,23,26)/p+2. The predicted molar refractivity (Wildman–Crippen MR) is 109 cm³/mol. The fraction of sp³-hybridized carbons (Fsp3) is 0.409. The Morgan fingerprint density at radius 3 is 2.59 bits per heavy atom. The molecular weight excluding hydrogens is 370 g/mol. The Bertz CT molecular complexity index is 878. The number of quaternary nitrogens is 2. The third kappa shape index (κ3) is 4.81. The second-order valence-corrected chi connectivity index (χ2v) is 7.79. The van der Waals surface area contributed by atoms with E-state index in [0.717, 1.165) is 55.5 Å². The average molecular weight is 399 g/mol. The first-order valence-electron chi connectivity index (χ1n) is 10.1. The summed E-state index contributed by atoms with van der Waals surface area (Å²) in [6, 6.07) is 12.0. The number of methoxy groups -OCH3 is 1. The van der Waals surface area contributed by atoms with Gasteiger partial charge in [0.05, 0.1) is 12.8 Å². The van der Waals surface area contributed by atoms with Crippen LogP contribution < -0.4 is 29.3 Å². The summed E-state index contributed by atoms with van der Waals surface area (Å²) in [5.74, 6) is 2.39.